The molecule has 0 saturated carbocycles. The van der Waals surface area contributed by atoms with E-state index >= 15 is 0 Å². The summed E-state index contributed by atoms with van der Waals surface area (Å²) in [4.78, 5) is 4.75. The molecule has 0 amide bonds. The third-order valence-electron chi connectivity index (χ3n) is 4.96. The fourth-order valence-corrected chi connectivity index (χ4v) is 3.47. The molecule has 0 fully saturated rings. The minimum Gasteiger partial charge on any atom is -0.493 e. The van der Waals surface area contributed by atoms with Crippen LogP contribution in [0.5, 0.6) is 23.0 Å². The van der Waals surface area contributed by atoms with E-state index in [1.807, 2.05) is 30.3 Å². The number of rotatable bonds is 8. The Kier molecular flexibility index (Phi) is 6.20. The first kappa shape index (κ1) is 20.8. The van der Waals surface area contributed by atoms with E-state index < -0.39 is 0 Å². The number of aliphatic imine (C=N–C) groups is 1. The van der Waals surface area contributed by atoms with Crippen LogP contribution in [0.1, 0.15) is 30.5 Å². The molecule has 0 atom stereocenters. The first-order valence-electron chi connectivity index (χ1n) is 9.60. The van der Waals surface area contributed by atoms with Crippen molar-refractivity contribution in [1.82, 2.24) is 0 Å². The highest BCUT2D eigenvalue weighted by Gasteiger charge is 2.29. The molecule has 0 aromatic heterocycles. The monoisotopic (exact) mass is 399 g/mol. The minimum atomic E-state index is -0.233. The van der Waals surface area contributed by atoms with Gasteiger partial charge in [0.1, 0.15) is 6.61 Å². The molecule has 156 valence electrons. The van der Waals surface area contributed by atoms with E-state index in [1.54, 1.807) is 28.4 Å². The summed E-state index contributed by atoms with van der Waals surface area (Å²) in [7, 11) is 6.57. The zero-order chi connectivity index (χ0) is 21.0. The van der Waals surface area contributed by atoms with Gasteiger partial charge in [0.15, 0.2) is 23.0 Å². The van der Waals surface area contributed by atoms with E-state index in [0.29, 0.717) is 35.5 Å². The van der Waals surface area contributed by atoms with Crippen LogP contribution < -0.4 is 18.9 Å². The van der Waals surface area contributed by atoms with E-state index in [4.69, 9.17) is 28.7 Å². The summed E-state index contributed by atoms with van der Waals surface area (Å²) in [6.45, 7) is 4.68. The Labute approximate surface area is 172 Å². The molecule has 0 aliphatic carbocycles. The van der Waals surface area contributed by atoms with Crippen molar-refractivity contribution >= 4 is 5.90 Å². The largest absolute Gasteiger partial charge is 0.493 e. The van der Waals surface area contributed by atoms with Crippen molar-refractivity contribution in [2.24, 2.45) is 4.99 Å². The average Bonchev–Trinajstić information content (AvgIpc) is 3.10. The molecular weight excluding hydrogens is 370 g/mol. The maximum absolute atomic E-state index is 5.90. The average molecular weight is 399 g/mol. The van der Waals surface area contributed by atoms with Crippen molar-refractivity contribution in [3.05, 3.63) is 47.0 Å². The van der Waals surface area contributed by atoms with Crippen molar-refractivity contribution in [3.8, 4) is 23.0 Å². The molecule has 1 heterocycles. The first-order chi connectivity index (χ1) is 13.9. The van der Waals surface area contributed by atoms with Gasteiger partial charge in [0.2, 0.25) is 5.90 Å². The zero-order valence-corrected chi connectivity index (χ0v) is 18.0. The lowest BCUT2D eigenvalue weighted by molar-refractivity contribution is 0.279. The molecule has 3 rings (SSSR count). The van der Waals surface area contributed by atoms with Gasteiger partial charge in [-0.05, 0) is 56.5 Å². The number of methoxy groups -OCH3 is 4. The fourth-order valence-electron chi connectivity index (χ4n) is 3.47. The summed E-state index contributed by atoms with van der Waals surface area (Å²) in [6, 6.07) is 9.85. The van der Waals surface area contributed by atoms with Gasteiger partial charge in [-0.1, -0.05) is 6.07 Å². The van der Waals surface area contributed by atoms with Crippen molar-refractivity contribution in [3.63, 3.8) is 0 Å². The Morgan fingerprint density at radius 2 is 1.55 bits per heavy atom. The Morgan fingerprint density at radius 3 is 2.14 bits per heavy atom. The van der Waals surface area contributed by atoms with Crippen LogP contribution in [0.15, 0.2) is 35.3 Å². The van der Waals surface area contributed by atoms with Crippen LogP contribution in [0.2, 0.25) is 0 Å². The number of ether oxygens (including phenoxy) is 5. The number of hydrogen-bond donors (Lipinski definition) is 0. The summed E-state index contributed by atoms with van der Waals surface area (Å²) in [5.74, 6) is 3.48. The van der Waals surface area contributed by atoms with Crippen LogP contribution in [0, 0.1) is 0 Å². The number of aryl methyl sites for hydroxylation is 1. The molecule has 0 N–H and O–H groups in total. The molecule has 1 aliphatic rings. The Bertz CT molecular complexity index is 904. The van der Waals surface area contributed by atoms with Crippen molar-refractivity contribution in [1.29, 1.82) is 0 Å². The first-order valence-corrected chi connectivity index (χ1v) is 9.60. The summed E-state index contributed by atoms with van der Waals surface area (Å²) < 4.78 is 27.9. The minimum absolute atomic E-state index is 0.233. The van der Waals surface area contributed by atoms with Crippen molar-refractivity contribution in [2.75, 3.05) is 35.0 Å². The second-order valence-corrected chi connectivity index (χ2v) is 7.53. The predicted octanol–water partition coefficient (Wildman–Crippen LogP) is 4.06. The van der Waals surface area contributed by atoms with E-state index in [-0.39, 0.29) is 5.54 Å². The standard InChI is InChI=1S/C23H29NO5/c1-23(2)14-29-22(24-23)17-10-12-19(26-4)21(28-6)16(17)9-7-15-8-11-18(25-3)20(13-15)27-5/h8,10-13H,7,9,14H2,1-6H3. The van der Waals surface area contributed by atoms with Crippen LogP contribution in [-0.4, -0.2) is 46.5 Å². The number of nitrogens with zero attached hydrogens (tertiary/aromatic N) is 1. The molecule has 0 bridgehead atoms. The summed E-state index contributed by atoms with van der Waals surface area (Å²) in [5, 5.41) is 0. The lowest BCUT2D eigenvalue weighted by Crippen LogP contribution is -2.17. The van der Waals surface area contributed by atoms with E-state index in [9.17, 15) is 0 Å². The van der Waals surface area contributed by atoms with Crippen LogP contribution in [-0.2, 0) is 17.6 Å². The third kappa shape index (κ3) is 4.42. The van der Waals surface area contributed by atoms with Gasteiger partial charge in [0.05, 0.1) is 34.0 Å². The molecule has 0 radical (unpaired) electrons. The highest BCUT2D eigenvalue weighted by atomic mass is 16.5. The van der Waals surface area contributed by atoms with Gasteiger partial charge in [-0.3, -0.25) is 0 Å². The summed E-state index contributed by atoms with van der Waals surface area (Å²) in [5.41, 5.74) is 2.85. The van der Waals surface area contributed by atoms with Crippen LogP contribution in [0.3, 0.4) is 0 Å². The predicted molar refractivity (Wildman–Crippen MR) is 113 cm³/mol. The number of hydrogen-bond acceptors (Lipinski definition) is 6. The van der Waals surface area contributed by atoms with Crippen molar-refractivity contribution in [2.45, 2.75) is 32.2 Å². The molecule has 6 heteroatoms. The van der Waals surface area contributed by atoms with Crippen LogP contribution in [0.4, 0.5) is 0 Å². The Morgan fingerprint density at radius 1 is 0.862 bits per heavy atom. The van der Waals surface area contributed by atoms with Gasteiger partial charge < -0.3 is 23.7 Å². The molecule has 0 saturated heterocycles. The SMILES string of the molecule is COc1ccc(CCc2c(C3=NC(C)(C)CO3)ccc(OC)c2OC)cc1OC. The molecular formula is C23H29NO5. The van der Waals surface area contributed by atoms with Gasteiger partial charge in [-0.2, -0.15) is 0 Å². The van der Waals surface area contributed by atoms with Crippen LogP contribution >= 0.6 is 0 Å². The topological polar surface area (TPSA) is 58.5 Å². The molecule has 2 aromatic carbocycles. The molecule has 29 heavy (non-hydrogen) atoms. The molecule has 0 unspecified atom stereocenters. The van der Waals surface area contributed by atoms with Crippen molar-refractivity contribution < 1.29 is 23.7 Å². The lowest BCUT2D eigenvalue weighted by atomic mass is 9.97. The maximum Gasteiger partial charge on any atom is 0.217 e. The quantitative estimate of drug-likeness (QED) is 0.670. The van der Waals surface area contributed by atoms with Crippen LogP contribution in [0.25, 0.3) is 0 Å². The van der Waals surface area contributed by atoms with E-state index in [1.165, 1.54) is 0 Å². The molecule has 6 nitrogen and oxygen atoms in total. The molecule has 2 aromatic rings. The van der Waals surface area contributed by atoms with E-state index in [0.717, 1.165) is 29.5 Å². The summed E-state index contributed by atoms with van der Waals surface area (Å²) in [6.07, 6.45) is 1.52. The van der Waals surface area contributed by atoms with Gasteiger partial charge in [0.25, 0.3) is 0 Å². The van der Waals surface area contributed by atoms with E-state index in [2.05, 4.69) is 13.8 Å². The third-order valence-corrected chi connectivity index (χ3v) is 4.96. The van der Waals surface area contributed by atoms with Gasteiger partial charge in [-0.25, -0.2) is 4.99 Å². The lowest BCUT2D eigenvalue weighted by Gasteiger charge is -2.17. The van der Waals surface area contributed by atoms with Gasteiger partial charge in [-0.15, -0.1) is 0 Å². The van der Waals surface area contributed by atoms with Gasteiger partial charge >= 0.3 is 0 Å². The Hall–Kier alpha value is -2.89. The zero-order valence-electron chi connectivity index (χ0n) is 18.0. The summed E-state index contributed by atoms with van der Waals surface area (Å²) >= 11 is 0. The van der Waals surface area contributed by atoms with Gasteiger partial charge in [0, 0.05) is 11.1 Å². The maximum atomic E-state index is 5.90. The molecule has 1 aliphatic heterocycles. The normalized spacial score (nSPS) is 14.8. The fraction of sp³-hybridized carbons (Fsp3) is 0.435. The molecule has 0 spiro atoms. The number of benzene rings is 2. The highest BCUT2D eigenvalue weighted by Crippen LogP contribution is 2.37. The second-order valence-electron chi connectivity index (χ2n) is 7.53. The smallest absolute Gasteiger partial charge is 0.217 e. The highest BCUT2D eigenvalue weighted by molar-refractivity contribution is 5.98. The second kappa shape index (κ2) is 8.64. The Balaban J connectivity index is 1.97.